The SMILES string of the molecule is BO.O=NO. The van der Waals surface area contributed by atoms with Gasteiger partial charge in [-0.05, 0) is 0 Å². The van der Waals surface area contributed by atoms with Gasteiger partial charge in [0.05, 0.1) is 0 Å². The first-order valence-corrected chi connectivity index (χ1v) is 0.830. The third-order valence-electron chi connectivity index (χ3n) is 0. The molecule has 0 aliphatic rings. The summed E-state index contributed by atoms with van der Waals surface area (Å²) in [6.07, 6.45) is 0. The highest BCUT2D eigenvalue weighted by Gasteiger charge is 1.18. The van der Waals surface area contributed by atoms with E-state index in [9.17, 15) is 0 Å². The largest absolute Gasteiger partial charge is 0.458 e. The molecule has 30 valence electrons. The summed E-state index contributed by atoms with van der Waals surface area (Å²) in [5, 5.41) is 14.9. The summed E-state index contributed by atoms with van der Waals surface area (Å²) in [5.41, 5.74) is 0. The molecule has 0 radical (unpaired) electrons. The zero-order chi connectivity index (χ0) is 4.71. The lowest BCUT2D eigenvalue weighted by Gasteiger charge is -1.32. The van der Waals surface area contributed by atoms with E-state index in [2.05, 4.69) is 0 Å². The normalized spacial score (nSPS) is 3.40. The first kappa shape index (κ1) is 8.83. The fourth-order valence-corrected chi connectivity index (χ4v) is 0. The van der Waals surface area contributed by atoms with Gasteiger partial charge in [0, 0.05) is 0 Å². The molecule has 0 saturated carbocycles. The standard InChI is InChI=1S/BH3O.HNO2/c1-2;2-1-3/h2H,1H2;(H,2,3). The van der Waals surface area contributed by atoms with Crippen molar-refractivity contribution in [3.05, 3.63) is 4.91 Å². The molecule has 4 nitrogen and oxygen atoms in total. The third-order valence-corrected chi connectivity index (χ3v) is 0. The maximum absolute atomic E-state index is 8.11. The molecule has 0 atom stereocenters. The molecular weight excluding hydrogens is 72.8 g/mol. The van der Waals surface area contributed by atoms with Crippen LogP contribution >= 0.6 is 0 Å². The van der Waals surface area contributed by atoms with Crippen molar-refractivity contribution in [2.24, 2.45) is 5.34 Å². The number of hydrogen-bond donors (Lipinski definition) is 2. The first-order valence-electron chi connectivity index (χ1n) is 0.830. The van der Waals surface area contributed by atoms with Gasteiger partial charge in [0.15, 0.2) is 5.34 Å². The van der Waals surface area contributed by atoms with Crippen molar-refractivity contribution in [2.75, 3.05) is 0 Å². The van der Waals surface area contributed by atoms with Crippen molar-refractivity contribution in [1.82, 2.24) is 0 Å². The Labute approximate surface area is 29.8 Å². The highest BCUT2D eigenvalue weighted by Crippen LogP contribution is 1.25. The molecule has 0 bridgehead atoms. The maximum Gasteiger partial charge on any atom is 0.252 e. The van der Waals surface area contributed by atoms with Crippen LogP contribution in [0.4, 0.5) is 0 Å². The van der Waals surface area contributed by atoms with Crippen LogP contribution in [0.1, 0.15) is 0 Å². The van der Waals surface area contributed by atoms with Crippen LogP contribution in [0, 0.1) is 4.91 Å². The topological polar surface area (TPSA) is 69.9 Å². The van der Waals surface area contributed by atoms with E-state index in [0.29, 0.717) is 0 Å². The lowest BCUT2D eigenvalue weighted by atomic mass is 10.6. The Kier molecular flexibility index (Phi) is 197. The predicted octanol–water partition coefficient (Wildman–Crippen LogP) is -1.33. The van der Waals surface area contributed by atoms with Gasteiger partial charge in [-0.3, -0.25) is 0 Å². The van der Waals surface area contributed by atoms with E-state index in [-0.39, 0.29) is 0 Å². The van der Waals surface area contributed by atoms with E-state index in [0.717, 1.165) is 8.05 Å². The summed E-state index contributed by atoms with van der Waals surface area (Å²) in [7, 11) is 1.00. The molecule has 0 aromatic heterocycles. The Bertz CT molecular complexity index is 14.4. The highest BCUT2D eigenvalue weighted by molar-refractivity contribution is 5.95. The van der Waals surface area contributed by atoms with Crippen LogP contribution in [0.2, 0.25) is 0 Å². The van der Waals surface area contributed by atoms with Gasteiger partial charge in [0.1, 0.15) is 0 Å². The molecule has 2 N–H and O–H groups in total. The van der Waals surface area contributed by atoms with Crippen molar-refractivity contribution in [2.45, 2.75) is 0 Å². The fraction of sp³-hybridized carbons (Fsp3) is 0. The average Bonchev–Trinajstić information content (AvgIpc) is 1.46. The van der Waals surface area contributed by atoms with Crippen molar-refractivity contribution in [3.63, 3.8) is 0 Å². The molecule has 0 heterocycles. The van der Waals surface area contributed by atoms with E-state index in [1.807, 2.05) is 0 Å². The summed E-state index contributed by atoms with van der Waals surface area (Å²) in [4.78, 5) is 8.11. The highest BCUT2D eigenvalue weighted by atomic mass is 16.6. The molecule has 0 spiro atoms. The molecule has 0 unspecified atom stereocenters. The van der Waals surface area contributed by atoms with Crippen LogP contribution in [-0.2, 0) is 0 Å². The Hall–Kier alpha value is -0.575. The van der Waals surface area contributed by atoms with E-state index in [1.165, 1.54) is 5.34 Å². The molecule has 5 heteroatoms. The second-order valence-electron chi connectivity index (χ2n) is 0.0816. The fourth-order valence-electron chi connectivity index (χ4n) is 0. The summed E-state index contributed by atoms with van der Waals surface area (Å²) in [6, 6.07) is 0. The summed E-state index contributed by atoms with van der Waals surface area (Å²) < 4.78 is 0. The van der Waals surface area contributed by atoms with Crippen LogP contribution in [0.3, 0.4) is 0 Å². The molecule has 0 rings (SSSR count). The molecule has 0 aromatic rings. The minimum Gasteiger partial charge on any atom is -0.458 e. The average molecular weight is 76.8 g/mol. The predicted molar refractivity (Wildman–Crippen MR) is 18.3 cm³/mol. The zero-order valence-corrected chi connectivity index (χ0v) is 2.75. The minimum absolute atomic E-state index is 1.00. The van der Waals surface area contributed by atoms with Crippen molar-refractivity contribution in [1.29, 1.82) is 0 Å². The van der Waals surface area contributed by atoms with Gasteiger partial charge < -0.3 is 10.2 Å². The zero-order valence-electron chi connectivity index (χ0n) is 2.75. The van der Waals surface area contributed by atoms with Crippen LogP contribution in [-0.4, -0.2) is 18.3 Å². The van der Waals surface area contributed by atoms with Crippen LogP contribution in [0.15, 0.2) is 5.34 Å². The van der Waals surface area contributed by atoms with E-state index in [4.69, 9.17) is 15.1 Å². The van der Waals surface area contributed by atoms with Gasteiger partial charge in [0.25, 0.3) is 8.05 Å². The summed E-state index contributed by atoms with van der Waals surface area (Å²) in [5.74, 6) is 0. The van der Waals surface area contributed by atoms with Gasteiger partial charge in [-0.1, -0.05) is 0 Å². The number of rotatable bonds is 0. The molecule has 5 heavy (non-hydrogen) atoms. The smallest absolute Gasteiger partial charge is 0.252 e. The third kappa shape index (κ3) is 21.0. The second kappa shape index (κ2) is 112. The van der Waals surface area contributed by atoms with Gasteiger partial charge in [-0.2, -0.15) is 0 Å². The molecule has 0 aromatic carbocycles. The molecule has 0 fully saturated rings. The van der Waals surface area contributed by atoms with Crippen LogP contribution < -0.4 is 0 Å². The van der Waals surface area contributed by atoms with Gasteiger partial charge in [0.2, 0.25) is 0 Å². The quantitative estimate of drug-likeness (QED) is 0.214. The van der Waals surface area contributed by atoms with Gasteiger partial charge >= 0.3 is 0 Å². The van der Waals surface area contributed by atoms with E-state index in [1.54, 1.807) is 0 Å². The number of hydrogen-bond acceptors (Lipinski definition) is 3. The Morgan fingerprint density at radius 3 is 1.60 bits per heavy atom. The van der Waals surface area contributed by atoms with Gasteiger partial charge in [-0.15, -0.1) is 4.91 Å². The molecule has 0 saturated heterocycles. The Morgan fingerprint density at radius 1 is 1.60 bits per heavy atom. The molecular formula is H4BNO3. The lowest BCUT2D eigenvalue weighted by Crippen LogP contribution is -1.34. The Morgan fingerprint density at radius 2 is 1.60 bits per heavy atom. The molecule has 0 amide bonds. The van der Waals surface area contributed by atoms with E-state index < -0.39 is 0 Å². The molecule has 0 aliphatic carbocycles. The molecule has 0 aliphatic heterocycles. The maximum atomic E-state index is 8.11. The first-order chi connectivity index (χ1) is 2.41. The van der Waals surface area contributed by atoms with Crippen LogP contribution in [0.25, 0.3) is 0 Å². The second-order valence-corrected chi connectivity index (χ2v) is 0.0816. The summed E-state index contributed by atoms with van der Waals surface area (Å²) in [6.45, 7) is 0. The van der Waals surface area contributed by atoms with Crippen molar-refractivity contribution in [3.8, 4) is 0 Å². The number of nitrogens with zero attached hydrogens (tertiary/aromatic N) is 1. The van der Waals surface area contributed by atoms with Gasteiger partial charge in [-0.25, -0.2) is 0 Å². The van der Waals surface area contributed by atoms with Crippen LogP contribution in [0.5, 0.6) is 0 Å². The van der Waals surface area contributed by atoms with Crippen molar-refractivity contribution < 1.29 is 10.2 Å². The minimum atomic E-state index is 1.00. The summed E-state index contributed by atoms with van der Waals surface area (Å²) >= 11 is 0. The van der Waals surface area contributed by atoms with Crippen molar-refractivity contribution >= 4 is 8.05 Å². The monoisotopic (exact) mass is 77.0 g/mol. The lowest BCUT2D eigenvalue weighted by molar-refractivity contribution is 0.312. The van der Waals surface area contributed by atoms with E-state index >= 15 is 0 Å². The Balaban J connectivity index is 0.